The van der Waals surface area contributed by atoms with Crippen LogP contribution in [0, 0.1) is 0 Å². The number of sulfonamides is 1. The third-order valence-corrected chi connectivity index (χ3v) is 7.81. The molecule has 1 unspecified atom stereocenters. The van der Waals surface area contributed by atoms with Gasteiger partial charge in [0.25, 0.3) is 0 Å². The molecule has 0 aliphatic carbocycles. The van der Waals surface area contributed by atoms with Gasteiger partial charge in [-0.05, 0) is 62.1 Å². The van der Waals surface area contributed by atoms with E-state index in [1.54, 1.807) is 12.1 Å². The fraction of sp³-hybridized carbons (Fsp3) is 0.417. The maximum atomic E-state index is 13.6. The first-order valence-electron chi connectivity index (χ1n) is 10.8. The van der Waals surface area contributed by atoms with Gasteiger partial charge in [0.1, 0.15) is 0 Å². The Bertz CT molecular complexity index is 1090. The van der Waals surface area contributed by atoms with Crippen LogP contribution in [0.5, 0.6) is 0 Å². The molecule has 3 rings (SSSR count). The highest BCUT2D eigenvalue weighted by Crippen LogP contribution is 2.36. The Kier molecular flexibility index (Phi) is 7.05. The second kappa shape index (κ2) is 9.42. The normalized spacial score (nSPS) is 16.8. The first-order chi connectivity index (χ1) is 15.0. The summed E-state index contributed by atoms with van der Waals surface area (Å²) >= 11 is 0. The van der Waals surface area contributed by atoms with Crippen molar-refractivity contribution in [1.82, 2.24) is 9.62 Å². The lowest BCUT2D eigenvalue weighted by Gasteiger charge is -2.37. The number of amides is 2. The van der Waals surface area contributed by atoms with E-state index < -0.39 is 16.1 Å². The van der Waals surface area contributed by atoms with E-state index in [2.05, 4.69) is 10.6 Å². The molecular weight excluding hydrogens is 426 g/mol. The summed E-state index contributed by atoms with van der Waals surface area (Å²) in [6, 6.07) is 13.2. The summed E-state index contributed by atoms with van der Waals surface area (Å²) in [4.78, 5) is 24.3. The number of hydrogen-bond donors (Lipinski definition) is 2. The summed E-state index contributed by atoms with van der Waals surface area (Å²) < 4.78 is 28.6. The average Bonchev–Trinajstić information content (AvgIpc) is 2.73. The molecule has 0 bridgehead atoms. The molecule has 7 nitrogen and oxygen atoms in total. The minimum Gasteiger partial charge on any atom is -0.351 e. The van der Waals surface area contributed by atoms with Crippen molar-refractivity contribution in [2.75, 3.05) is 11.9 Å². The van der Waals surface area contributed by atoms with Crippen molar-refractivity contribution in [2.45, 2.75) is 63.4 Å². The molecule has 8 heteroatoms. The Labute approximate surface area is 190 Å². The highest BCUT2D eigenvalue weighted by Gasteiger charge is 2.38. The zero-order chi connectivity index (χ0) is 23.5. The Balaban J connectivity index is 1.94. The molecule has 0 aromatic heterocycles. The molecule has 1 atom stereocenters. The lowest BCUT2D eigenvalue weighted by Crippen LogP contribution is -2.46. The summed E-state index contributed by atoms with van der Waals surface area (Å²) in [5.74, 6) is -0.408. The molecule has 0 spiro atoms. The van der Waals surface area contributed by atoms with Gasteiger partial charge in [-0.25, -0.2) is 8.42 Å². The van der Waals surface area contributed by atoms with Crippen LogP contribution in [0.2, 0.25) is 0 Å². The van der Waals surface area contributed by atoms with Crippen molar-refractivity contribution < 1.29 is 18.0 Å². The van der Waals surface area contributed by atoms with Gasteiger partial charge in [0, 0.05) is 31.1 Å². The highest BCUT2D eigenvalue weighted by atomic mass is 32.2. The molecule has 2 aromatic carbocycles. The van der Waals surface area contributed by atoms with E-state index in [1.807, 2.05) is 45.0 Å². The average molecular weight is 458 g/mol. The first-order valence-corrected chi connectivity index (χ1v) is 12.3. The molecule has 1 heterocycles. The number of nitrogens with zero attached hydrogens (tertiary/aromatic N) is 1. The number of rotatable bonds is 7. The van der Waals surface area contributed by atoms with E-state index in [0.29, 0.717) is 18.7 Å². The molecule has 0 radical (unpaired) electrons. The number of carbonyl (C=O) groups is 2. The van der Waals surface area contributed by atoms with Crippen LogP contribution < -0.4 is 10.6 Å². The third-order valence-electron chi connectivity index (χ3n) is 5.88. The van der Waals surface area contributed by atoms with Gasteiger partial charge in [0.15, 0.2) is 0 Å². The zero-order valence-corrected chi connectivity index (χ0v) is 19.8. The summed E-state index contributed by atoms with van der Waals surface area (Å²) in [6.07, 6.45) is 1.39. The first kappa shape index (κ1) is 23.9. The number of nitrogens with one attached hydrogen (secondary N) is 2. The molecule has 2 aromatic rings. The summed E-state index contributed by atoms with van der Waals surface area (Å²) in [6.45, 7) is 7.58. The minimum atomic E-state index is -3.85. The molecule has 0 saturated carbocycles. The summed E-state index contributed by atoms with van der Waals surface area (Å²) in [5, 5.41) is 5.66. The smallest absolute Gasteiger partial charge is 0.243 e. The number of hydrogen-bond acceptors (Lipinski definition) is 4. The van der Waals surface area contributed by atoms with Gasteiger partial charge >= 0.3 is 0 Å². The van der Waals surface area contributed by atoms with Gasteiger partial charge in [-0.3, -0.25) is 9.59 Å². The fourth-order valence-corrected chi connectivity index (χ4v) is 5.47. The number of benzene rings is 2. The van der Waals surface area contributed by atoms with Crippen LogP contribution in [-0.4, -0.2) is 36.6 Å². The predicted octanol–water partition coefficient (Wildman–Crippen LogP) is 3.63. The largest absolute Gasteiger partial charge is 0.351 e. The van der Waals surface area contributed by atoms with E-state index in [-0.39, 0.29) is 28.7 Å². The maximum Gasteiger partial charge on any atom is 0.243 e. The van der Waals surface area contributed by atoms with Crippen LogP contribution in [0.1, 0.15) is 57.7 Å². The molecule has 0 saturated heterocycles. The lowest BCUT2D eigenvalue weighted by atomic mass is 9.92. The molecule has 1 aliphatic rings. The van der Waals surface area contributed by atoms with Gasteiger partial charge in [0.05, 0.1) is 10.9 Å². The van der Waals surface area contributed by atoms with Gasteiger partial charge in [-0.15, -0.1) is 0 Å². The third kappa shape index (κ3) is 5.37. The van der Waals surface area contributed by atoms with E-state index in [4.69, 9.17) is 0 Å². The molecule has 172 valence electrons. The number of carbonyl (C=O) groups excluding carboxylic acids is 2. The molecule has 32 heavy (non-hydrogen) atoms. The van der Waals surface area contributed by atoms with Crippen molar-refractivity contribution >= 4 is 27.5 Å². The zero-order valence-electron chi connectivity index (χ0n) is 19.0. The lowest BCUT2D eigenvalue weighted by molar-refractivity contribution is -0.123. The Morgan fingerprint density at radius 1 is 1.09 bits per heavy atom. The Hall–Kier alpha value is -2.71. The van der Waals surface area contributed by atoms with Crippen LogP contribution in [-0.2, 0) is 26.0 Å². The van der Waals surface area contributed by atoms with Crippen LogP contribution in [0.15, 0.2) is 53.4 Å². The standard InChI is InChI=1S/C24H31N3O4S/c1-5-24(3,4)26-23(29)16-22-21-9-7-6-8-18(21)14-15-27(22)32(30,31)20-12-10-19(11-13-20)25-17(2)28/h6-13,22H,5,14-16H2,1-4H3,(H,25,28)(H,26,29). The Morgan fingerprint density at radius 2 is 1.75 bits per heavy atom. The van der Waals surface area contributed by atoms with E-state index in [1.165, 1.54) is 23.4 Å². The van der Waals surface area contributed by atoms with Crippen molar-refractivity contribution in [1.29, 1.82) is 0 Å². The molecule has 2 N–H and O–H groups in total. The van der Waals surface area contributed by atoms with E-state index in [9.17, 15) is 18.0 Å². The maximum absolute atomic E-state index is 13.6. The molecule has 2 amide bonds. The van der Waals surface area contributed by atoms with Gasteiger partial charge in [-0.1, -0.05) is 31.2 Å². The van der Waals surface area contributed by atoms with Crippen molar-refractivity contribution in [3.05, 3.63) is 59.7 Å². The topological polar surface area (TPSA) is 95.6 Å². The van der Waals surface area contributed by atoms with Gasteiger partial charge < -0.3 is 10.6 Å². The van der Waals surface area contributed by atoms with E-state index in [0.717, 1.165) is 17.5 Å². The highest BCUT2D eigenvalue weighted by molar-refractivity contribution is 7.89. The SMILES string of the molecule is CCC(C)(C)NC(=O)CC1c2ccccc2CCN1S(=O)(=O)c1ccc(NC(C)=O)cc1. The van der Waals surface area contributed by atoms with Crippen LogP contribution in [0.25, 0.3) is 0 Å². The van der Waals surface area contributed by atoms with Crippen LogP contribution in [0.4, 0.5) is 5.69 Å². The summed E-state index contributed by atoms with van der Waals surface area (Å²) in [7, 11) is -3.85. The van der Waals surface area contributed by atoms with Gasteiger partial charge in [-0.2, -0.15) is 4.31 Å². The van der Waals surface area contributed by atoms with Gasteiger partial charge in [0.2, 0.25) is 21.8 Å². The van der Waals surface area contributed by atoms with Crippen molar-refractivity contribution in [3.63, 3.8) is 0 Å². The number of anilines is 1. The van der Waals surface area contributed by atoms with E-state index >= 15 is 0 Å². The minimum absolute atomic E-state index is 0.0453. The fourth-order valence-electron chi connectivity index (χ4n) is 3.87. The van der Waals surface area contributed by atoms with Crippen LogP contribution in [0.3, 0.4) is 0 Å². The van der Waals surface area contributed by atoms with Crippen molar-refractivity contribution in [3.8, 4) is 0 Å². The molecular formula is C24H31N3O4S. The second-order valence-corrected chi connectivity index (χ2v) is 10.7. The van der Waals surface area contributed by atoms with Crippen LogP contribution >= 0.6 is 0 Å². The predicted molar refractivity (Wildman–Crippen MR) is 125 cm³/mol. The van der Waals surface area contributed by atoms with Crippen molar-refractivity contribution in [2.24, 2.45) is 0 Å². The summed E-state index contributed by atoms with van der Waals surface area (Å²) in [5.41, 5.74) is 2.08. The molecule has 0 fully saturated rings. The second-order valence-electron chi connectivity index (χ2n) is 8.78. The number of fused-ring (bicyclic) bond motifs is 1. The Morgan fingerprint density at radius 3 is 2.38 bits per heavy atom. The quantitative estimate of drug-likeness (QED) is 0.664. The molecule has 1 aliphatic heterocycles. The monoisotopic (exact) mass is 457 g/mol.